The van der Waals surface area contributed by atoms with E-state index in [2.05, 4.69) is 6.92 Å². The van der Waals surface area contributed by atoms with Crippen LogP contribution in [0, 0.1) is 0 Å². The number of hydrogen-bond acceptors (Lipinski definition) is 3. The molecule has 0 atom stereocenters. The van der Waals surface area contributed by atoms with Crippen molar-refractivity contribution >= 4 is 11.3 Å². The van der Waals surface area contributed by atoms with Crippen LogP contribution >= 0.6 is 0 Å². The van der Waals surface area contributed by atoms with Crippen molar-refractivity contribution in [3.8, 4) is 17.0 Å². The average molecular weight is 295 g/mol. The van der Waals surface area contributed by atoms with Gasteiger partial charge in [0.05, 0.1) is 12.3 Å². The highest BCUT2D eigenvalue weighted by atomic mass is 16.5. The van der Waals surface area contributed by atoms with Crippen LogP contribution in [-0.2, 0) is 0 Å². The standard InChI is InChI=1S/C18H21N3O/c1-2-3-4-12-22-17-6-5-11-21-13-16(20-18(17)21)14-7-9-15(19)10-8-14/h5-11,13H,2-4,12,19H2,1H3. The third-order valence-electron chi connectivity index (χ3n) is 3.66. The van der Waals surface area contributed by atoms with E-state index >= 15 is 0 Å². The van der Waals surface area contributed by atoms with Crippen LogP contribution in [0.2, 0.25) is 0 Å². The molecule has 114 valence electrons. The summed E-state index contributed by atoms with van der Waals surface area (Å²) in [6.45, 7) is 2.92. The Kier molecular flexibility index (Phi) is 4.28. The van der Waals surface area contributed by atoms with Crippen molar-refractivity contribution in [3.63, 3.8) is 0 Å². The first-order valence-corrected chi connectivity index (χ1v) is 7.74. The van der Waals surface area contributed by atoms with E-state index in [1.165, 1.54) is 12.8 Å². The lowest BCUT2D eigenvalue weighted by Gasteiger charge is -2.06. The van der Waals surface area contributed by atoms with E-state index < -0.39 is 0 Å². The summed E-state index contributed by atoms with van der Waals surface area (Å²) in [5.41, 5.74) is 9.32. The van der Waals surface area contributed by atoms with Gasteiger partial charge in [-0.1, -0.05) is 31.9 Å². The van der Waals surface area contributed by atoms with Crippen molar-refractivity contribution in [1.29, 1.82) is 0 Å². The molecule has 0 aliphatic heterocycles. The summed E-state index contributed by atoms with van der Waals surface area (Å²) in [5, 5.41) is 0. The first-order chi connectivity index (χ1) is 10.8. The molecule has 0 amide bonds. The number of unbranched alkanes of at least 4 members (excludes halogenated alkanes) is 2. The maximum Gasteiger partial charge on any atom is 0.180 e. The predicted octanol–water partition coefficient (Wildman–Crippen LogP) is 4.15. The quantitative estimate of drug-likeness (QED) is 0.549. The minimum Gasteiger partial charge on any atom is -0.490 e. The minimum absolute atomic E-state index is 0.734. The van der Waals surface area contributed by atoms with Gasteiger partial charge in [-0.3, -0.25) is 0 Å². The normalized spacial score (nSPS) is 11.0. The molecule has 0 aliphatic carbocycles. The number of hydrogen-bond donors (Lipinski definition) is 1. The topological polar surface area (TPSA) is 52.5 Å². The molecule has 3 rings (SSSR count). The van der Waals surface area contributed by atoms with E-state index in [-0.39, 0.29) is 0 Å². The third-order valence-corrected chi connectivity index (χ3v) is 3.66. The second kappa shape index (κ2) is 6.52. The summed E-state index contributed by atoms with van der Waals surface area (Å²) in [4.78, 5) is 4.71. The number of ether oxygens (including phenoxy) is 1. The number of pyridine rings is 1. The molecular formula is C18H21N3O. The molecule has 1 aromatic carbocycles. The monoisotopic (exact) mass is 295 g/mol. The molecular weight excluding hydrogens is 274 g/mol. The van der Waals surface area contributed by atoms with Crippen molar-refractivity contribution in [1.82, 2.24) is 9.38 Å². The fourth-order valence-corrected chi connectivity index (χ4v) is 2.43. The first-order valence-electron chi connectivity index (χ1n) is 7.74. The zero-order valence-corrected chi connectivity index (χ0v) is 12.8. The molecule has 0 fully saturated rings. The summed E-state index contributed by atoms with van der Waals surface area (Å²) >= 11 is 0. The van der Waals surface area contributed by atoms with Crippen LogP contribution in [-0.4, -0.2) is 16.0 Å². The fraction of sp³-hybridized carbons (Fsp3) is 0.278. The van der Waals surface area contributed by atoms with Gasteiger partial charge < -0.3 is 14.9 Å². The highest BCUT2D eigenvalue weighted by Crippen LogP contribution is 2.25. The van der Waals surface area contributed by atoms with Gasteiger partial charge in [-0.25, -0.2) is 4.98 Å². The molecule has 0 spiro atoms. The summed E-state index contributed by atoms with van der Waals surface area (Å²) < 4.78 is 7.89. The van der Waals surface area contributed by atoms with Gasteiger partial charge in [0.2, 0.25) is 0 Å². The fourth-order valence-electron chi connectivity index (χ4n) is 2.43. The maximum atomic E-state index is 5.89. The lowest BCUT2D eigenvalue weighted by atomic mass is 10.1. The minimum atomic E-state index is 0.734. The molecule has 2 heterocycles. The van der Waals surface area contributed by atoms with E-state index in [9.17, 15) is 0 Å². The highest BCUT2D eigenvalue weighted by Gasteiger charge is 2.08. The van der Waals surface area contributed by atoms with E-state index in [1.807, 2.05) is 53.2 Å². The Bertz CT molecular complexity index is 747. The van der Waals surface area contributed by atoms with Crippen LogP contribution in [0.3, 0.4) is 0 Å². The number of benzene rings is 1. The van der Waals surface area contributed by atoms with Gasteiger partial charge in [-0.2, -0.15) is 0 Å². The molecule has 0 bridgehead atoms. The Morgan fingerprint density at radius 3 is 2.73 bits per heavy atom. The number of nitrogens with two attached hydrogens (primary N) is 1. The Labute approximate surface area is 130 Å². The molecule has 4 heteroatoms. The number of aromatic nitrogens is 2. The van der Waals surface area contributed by atoms with Gasteiger partial charge in [0.1, 0.15) is 0 Å². The zero-order chi connectivity index (χ0) is 15.4. The molecule has 2 aromatic heterocycles. The summed E-state index contributed by atoms with van der Waals surface area (Å²) in [6.07, 6.45) is 7.46. The van der Waals surface area contributed by atoms with E-state index in [4.69, 9.17) is 15.5 Å². The van der Waals surface area contributed by atoms with Crippen LogP contribution in [0.4, 0.5) is 5.69 Å². The number of rotatable bonds is 6. The van der Waals surface area contributed by atoms with Gasteiger partial charge in [0, 0.05) is 23.6 Å². The van der Waals surface area contributed by atoms with Crippen molar-refractivity contribution in [3.05, 3.63) is 48.8 Å². The Morgan fingerprint density at radius 1 is 1.14 bits per heavy atom. The number of anilines is 1. The Balaban J connectivity index is 1.87. The van der Waals surface area contributed by atoms with Gasteiger partial charge in [-0.05, 0) is 30.7 Å². The molecule has 2 N–H and O–H groups in total. The molecule has 0 unspecified atom stereocenters. The Morgan fingerprint density at radius 2 is 1.95 bits per heavy atom. The molecule has 22 heavy (non-hydrogen) atoms. The van der Waals surface area contributed by atoms with Crippen molar-refractivity contribution in [2.24, 2.45) is 0 Å². The number of imidazole rings is 1. The van der Waals surface area contributed by atoms with Crippen LogP contribution < -0.4 is 10.5 Å². The number of fused-ring (bicyclic) bond motifs is 1. The second-order valence-corrected chi connectivity index (χ2v) is 5.41. The maximum absolute atomic E-state index is 5.89. The van der Waals surface area contributed by atoms with Gasteiger partial charge in [0.15, 0.2) is 11.4 Å². The lowest BCUT2D eigenvalue weighted by Crippen LogP contribution is -1.99. The largest absolute Gasteiger partial charge is 0.490 e. The number of nitrogens with zero attached hydrogens (tertiary/aromatic N) is 2. The van der Waals surface area contributed by atoms with Crippen LogP contribution in [0.5, 0.6) is 5.75 Å². The molecule has 4 nitrogen and oxygen atoms in total. The molecule has 0 radical (unpaired) electrons. The van der Waals surface area contributed by atoms with Crippen molar-refractivity contribution in [2.45, 2.75) is 26.2 Å². The van der Waals surface area contributed by atoms with Crippen molar-refractivity contribution in [2.75, 3.05) is 12.3 Å². The van der Waals surface area contributed by atoms with Gasteiger partial charge in [0.25, 0.3) is 0 Å². The van der Waals surface area contributed by atoms with E-state index in [1.54, 1.807) is 0 Å². The highest BCUT2D eigenvalue weighted by molar-refractivity contribution is 5.67. The lowest BCUT2D eigenvalue weighted by molar-refractivity contribution is 0.308. The molecule has 0 saturated heterocycles. The first kappa shape index (κ1) is 14.4. The van der Waals surface area contributed by atoms with Crippen LogP contribution in [0.15, 0.2) is 48.8 Å². The number of nitrogen functional groups attached to an aromatic ring is 1. The molecule has 3 aromatic rings. The van der Waals surface area contributed by atoms with Crippen LogP contribution in [0.1, 0.15) is 26.2 Å². The van der Waals surface area contributed by atoms with E-state index in [0.717, 1.165) is 41.4 Å². The van der Waals surface area contributed by atoms with Gasteiger partial charge in [-0.15, -0.1) is 0 Å². The zero-order valence-electron chi connectivity index (χ0n) is 12.8. The average Bonchev–Trinajstić information content (AvgIpc) is 2.97. The second-order valence-electron chi connectivity index (χ2n) is 5.41. The summed E-state index contributed by atoms with van der Waals surface area (Å²) in [7, 11) is 0. The molecule has 0 aliphatic rings. The summed E-state index contributed by atoms with van der Waals surface area (Å²) in [5.74, 6) is 0.834. The van der Waals surface area contributed by atoms with Crippen molar-refractivity contribution < 1.29 is 4.74 Å². The predicted molar refractivity (Wildman–Crippen MR) is 90.1 cm³/mol. The SMILES string of the molecule is CCCCCOc1cccn2cc(-c3ccc(N)cc3)nc12. The van der Waals surface area contributed by atoms with E-state index in [0.29, 0.717) is 0 Å². The van der Waals surface area contributed by atoms with Gasteiger partial charge >= 0.3 is 0 Å². The van der Waals surface area contributed by atoms with Crippen LogP contribution in [0.25, 0.3) is 16.9 Å². The summed E-state index contributed by atoms with van der Waals surface area (Å²) in [6, 6.07) is 11.7. The smallest absolute Gasteiger partial charge is 0.180 e. The Hall–Kier alpha value is -2.49. The third kappa shape index (κ3) is 3.06. The molecule has 0 saturated carbocycles.